The zero-order valence-corrected chi connectivity index (χ0v) is 11.8. The van der Waals surface area contributed by atoms with E-state index in [0.29, 0.717) is 12.2 Å². The van der Waals surface area contributed by atoms with Crippen molar-refractivity contribution >= 4 is 21.4 Å². The number of para-hydroxylation sites is 1. The quantitative estimate of drug-likeness (QED) is 0.887. The van der Waals surface area contributed by atoms with Crippen LogP contribution in [0, 0.1) is 0 Å². The van der Waals surface area contributed by atoms with Crippen LogP contribution in [0.3, 0.4) is 0 Å². The van der Waals surface area contributed by atoms with Crippen LogP contribution in [0.5, 0.6) is 5.75 Å². The van der Waals surface area contributed by atoms with Crippen LogP contribution in [-0.2, 0) is 14.6 Å². The molecule has 5 nitrogen and oxygen atoms in total. The van der Waals surface area contributed by atoms with Gasteiger partial charge in [-0.05, 0) is 24.0 Å². The fourth-order valence-electron chi connectivity index (χ4n) is 2.38. The van der Waals surface area contributed by atoms with Crippen molar-refractivity contribution in [2.24, 2.45) is 0 Å². The van der Waals surface area contributed by atoms with Gasteiger partial charge in [0.1, 0.15) is 11.5 Å². The van der Waals surface area contributed by atoms with Crippen molar-refractivity contribution in [2.75, 3.05) is 23.5 Å². The zero-order chi connectivity index (χ0) is 14.2. The summed E-state index contributed by atoms with van der Waals surface area (Å²) in [7, 11) is -3.37. The number of hydrogen-bond donors (Lipinski definition) is 1. The summed E-state index contributed by atoms with van der Waals surface area (Å²) in [5.74, 6) is -0.762. The van der Waals surface area contributed by atoms with Crippen molar-refractivity contribution in [1.29, 1.82) is 0 Å². The molecule has 6 heteroatoms. The van der Waals surface area contributed by atoms with E-state index in [9.17, 15) is 18.3 Å². The Labute approximate surface area is 112 Å². The van der Waals surface area contributed by atoms with Crippen LogP contribution in [0.2, 0.25) is 0 Å². The van der Waals surface area contributed by atoms with Crippen molar-refractivity contribution in [1.82, 2.24) is 0 Å². The molecule has 1 unspecified atom stereocenters. The highest BCUT2D eigenvalue weighted by Crippen LogP contribution is 2.40. The first-order chi connectivity index (χ1) is 8.79. The number of carbonyl (C=O) groups is 1. The second kappa shape index (κ2) is 4.85. The number of phenolic OH excluding ortho intramolecular Hbond substituents is 1. The molecular formula is C13H17NO4S. The molecular weight excluding hydrogens is 266 g/mol. The van der Waals surface area contributed by atoms with Crippen molar-refractivity contribution < 1.29 is 18.3 Å². The second-order valence-corrected chi connectivity index (χ2v) is 7.16. The minimum Gasteiger partial charge on any atom is -0.506 e. The first-order valence-corrected chi connectivity index (χ1v) is 8.15. The third-order valence-electron chi connectivity index (χ3n) is 3.32. The number of hydrogen-bond acceptors (Lipinski definition) is 4. The van der Waals surface area contributed by atoms with E-state index < -0.39 is 21.5 Å². The zero-order valence-electron chi connectivity index (χ0n) is 11.0. The minimum absolute atomic E-state index is 0.0194. The minimum atomic E-state index is -3.37. The fraction of sp³-hybridized carbons (Fsp3) is 0.462. The van der Waals surface area contributed by atoms with Crippen LogP contribution in [0.1, 0.15) is 24.8 Å². The molecule has 2 rings (SSSR count). The molecule has 0 aromatic heterocycles. The molecule has 0 aliphatic carbocycles. The van der Waals surface area contributed by atoms with Crippen LogP contribution in [0.15, 0.2) is 18.2 Å². The number of fused-ring (bicyclic) bond motifs is 1. The van der Waals surface area contributed by atoms with Crippen LogP contribution in [0.4, 0.5) is 5.69 Å². The van der Waals surface area contributed by atoms with Crippen molar-refractivity contribution in [3.63, 3.8) is 0 Å². The lowest BCUT2D eigenvalue weighted by atomic mass is 9.91. The summed E-state index contributed by atoms with van der Waals surface area (Å²) in [5, 5.41) is 9.95. The molecule has 1 aromatic rings. The Morgan fingerprint density at radius 1 is 1.47 bits per heavy atom. The van der Waals surface area contributed by atoms with E-state index in [0.717, 1.165) is 18.2 Å². The molecule has 0 fully saturated rings. The molecule has 1 N–H and O–H groups in total. The van der Waals surface area contributed by atoms with Gasteiger partial charge in [0.25, 0.3) is 0 Å². The van der Waals surface area contributed by atoms with E-state index in [1.54, 1.807) is 6.07 Å². The fourth-order valence-corrected chi connectivity index (χ4v) is 2.99. The number of nitrogens with zero attached hydrogens (tertiary/aromatic N) is 1. The largest absolute Gasteiger partial charge is 0.506 e. The SMILES string of the molecule is CC1CCN(C(=O)CS(C)(=O)=O)c2c(O)cccc21. The molecule has 1 aliphatic rings. The van der Waals surface area contributed by atoms with Gasteiger partial charge in [0, 0.05) is 12.8 Å². The van der Waals surface area contributed by atoms with Crippen molar-refractivity contribution in [3.8, 4) is 5.75 Å². The highest BCUT2D eigenvalue weighted by molar-refractivity contribution is 7.91. The summed E-state index contributed by atoms with van der Waals surface area (Å²) >= 11 is 0. The number of rotatable bonds is 2. The number of amides is 1. The van der Waals surface area contributed by atoms with Gasteiger partial charge in [0.2, 0.25) is 5.91 Å². The number of aromatic hydroxyl groups is 1. The monoisotopic (exact) mass is 283 g/mol. The molecule has 1 heterocycles. The third kappa shape index (κ3) is 2.89. The summed E-state index contributed by atoms with van der Waals surface area (Å²) in [6.45, 7) is 2.46. The molecule has 0 saturated carbocycles. The Balaban J connectivity index is 2.41. The maximum atomic E-state index is 12.1. The number of benzene rings is 1. The highest BCUT2D eigenvalue weighted by atomic mass is 32.2. The molecule has 0 saturated heterocycles. The molecule has 19 heavy (non-hydrogen) atoms. The van der Waals surface area contributed by atoms with E-state index in [2.05, 4.69) is 0 Å². The summed E-state index contributed by atoms with van der Waals surface area (Å²) in [6.07, 6.45) is 1.79. The third-order valence-corrected chi connectivity index (χ3v) is 4.09. The average Bonchev–Trinajstić information content (AvgIpc) is 2.28. The summed E-state index contributed by atoms with van der Waals surface area (Å²) in [5.41, 5.74) is 1.34. The lowest BCUT2D eigenvalue weighted by Gasteiger charge is -2.33. The van der Waals surface area contributed by atoms with E-state index in [1.165, 1.54) is 11.0 Å². The van der Waals surface area contributed by atoms with E-state index in [1.807, 2.05) is 13.0 Å². The molecule has 0 radical (unpaired) electrons. The van der Waals surface area contributed by atoms with E-state index >= 15 is 0 Å². The molecule has 104 valence electrons. The van der Waals surface area contributed by atoms with Gasteiger partial charge >= 0.3 is 0 Å². The molecule has 1 aliphatic heterocycles. The second-order valence-electron chi connectivity index (χ2n) is 5.02. The van der Waals surface area contributed by atoms with E-state index in [-0.39, 0.29) is 11.7 Å². The molecule has 0 spiro atoms. The lowest BCUT2D eigenvalue weighted by molar-refractivity contribution is -0.116. The van der Waals surface area contributed by atoms with Gasteiger partial charge in [-0.2, -0.15) is 0 Å². The maximum absolute atomic E-state index is 12.1. The van der Waals surface area contributed by atoms with Gasteiger partial charge in [0.05, 0.1) is 5.69 Å². The van der Waals surface area contributed by atoms with Gasteiger partial charge in [0.15, 0.2) is 9.84 Å². The van der Waals surface area contributed by atoms with Crippen molar-refractivity contribution in [2.45, 2.75) is 19.3 Å². The van der Waals surface area contributed by atoms with Crippen molar-refractivity contribution in [3.05, 3.63) is 23.8 Å². The molecule has 1 aromatic carbocycles. The number of anilines is 1. The van der Waals surface area contributed by atoms with E-state index in [4.69, 9.17) is 0 Å². The Bertz CT molecular complexity index is 609. The van der Waals surface area contributed by atoms with Crippen LogP contribution < -0.4 is 4.90 Å². The van der Waals surface area contributed by atoms with Crippen LogP contribution in [0.25, 0.3) is 0 Å². The maximum Gasteiger partial charge on any atom is 0.242 e. The van der Waals surface area contributed by atoms with Crippen LogP contribution in [-0.4, -0.2) is 38.0 Å². The van der Waals surface area contributed by atoms with Gasteiger partial charge in [-0.1, -0.05) is 19.1 Å². The first kappa shape index (κ1) is 13.9. The smallest absolute Gasteiger partial charge is 0.242 e. The summed E-state index contributed by atoms with van der Waals surface area (Å²) in [4.78, 5) is 13.5. The highest BCUT2D eigenvalue weighted by Gasteiger charge is 2.30. The predicted octanol–water partition coefficient (Wildman–Crippen LogP) is 1.28. The van der Waals surface area contributed by atoms with Crippen LogP contribution >= 0.6 is 0 Å². The number of phenols is 1. The Morgan fingerprint density at radius 2 is 2.16 bits per heavy atom. The Kier molecular flexibility index (Phi) is 3.54. The summed E-state index contributed by atoms with van der Waals surface area (Å²) in [6, 6.07) is 5.10. The van der Waals surface area contributed by atoms with Gasteiger partial charge < -0.3 is 10.0 Å². The lowest BCUT2D eigenvalue weighted by Crippen LogP contribution is -2.39. The van der Waals surface area contributed by atoms with Gasteiger partial charge in [-0.3, -0.25) is 4.79 Å². The Hall–Kier alpha value is -1.56. The first-order valence-electron chi connectivity index (χ1n) is 6.09. The Morgan fingerprint density at radius 3 is 2.79 bits per heavy atom. The standard InChI is InChI=1S/C13H17NO4S/c1-9-6-7-14(12(16)8-19(2,17)18)13-10(9)4-3-5-11(13)15/h3-5,9,15H,6-8H2,1-2H3. The molecule has 1 amide bonds. The number of sulfone groups is 1. The summed E-state index contributed by atoms with van der Waals surface area (Å²) < 4.78 is 22.5. The molecule has 0 bridgehead atoms. The molecule has 1 atom stereocenters. The van der Waals surface area contributed by atoms with Gasteiger partial charge in [-0.15, -0.1) is 0 Å². The number of carbonyl (C=O) groups excluding carboxylic acids is 1. The topological polar surface area (TPSA) is 74.7 Å². The average molecular weight is 283 g/mol. The van der Waals surface area contributed by atoms with Gasteiger partial charge in [-0.25, -0.2) is 8.42 Å². The predicted molar refractivity (Wildman–Crippen MR) is 73.2 cm³/mol. The normalized spacial score (nSPS) is 19.1.